The van der Waals surface area contributed by atoms with Crippen LogP contribution in [-0.4, -0.2) is 12.7 Å². The molecule has 0 fully saturated rings. The Morgan fingerprint density at radius 2 is 0.769 bits per heavy atom. The summed E-state index contributed by atoms with van der Waals surface area (Å²) in [4.78, 5) is 0. The number of nitrogens with zero attached hydrogens (tertiary/aromatic N) is 6. The minimum Gasteiger partial charge on any atom is -0.404 e. The van der Waals surface area contributed by atoms with E-state index in [1.54, 1.807) is 12.1 Å². The minimum atomic E-state index is -5.10. The van der Waals surface area contributed by atoms with Gasteiger partial charge in [0.1, 0.15) is 59.1 Å². The summed E-state index contributed by atoms with van der Waals surface area (Å²) in [5.41, 5.74) is 1.48. The fourth-order valence-electron chi connectivity index (χ4n) is 6.16. The van der Waals surface area contributed by atoms with Crippen LogP contribution >= 0.6 is 0 Å². The molecule has 0 atom stereocenters. The topological polar surface area (TPSA) is 161 Å². The van der Waals surface area contributed by atoms with Gasteiger partial charge in [-0.25, -0.2) is 0 Å². The molecule has 14 heteroatoms. The quantitative estimate of drug-likeness (QED) is 0.151. The van der Waals surface area contributed by atoms with Crippen LogP contribution in [0.3, 0.4) is 0 Å². The molecule has 0 aromatic heterocycles. The van der Waals surface area contributed by atoms with Crippen molar-refractivity contribution in [2.75, 3.05) is 0 Å². The van der Waals surface area contributed by atoms with Crippen molar-refractivity contribution >= 4 is 22.3 Å². The Kier molecular flexibility index (Phi) is 8.26. The molecule has 2 aliphatic carbocycles. The molecule has 52 heavy (non-hydrogen) atoms. The summed E-state index contributed by atoms with van der Waals surface area (Å²) in [5, 5.41) is 58.8. The van der Waals surface area contributed by atoms with Crippen LogP contribution < -0.4 is 9.47 Å². The third-order valence-corrected chi connectivity index (χ3v) is 8.14. The van der Waals surface area contributed by atoms with Crippen molar-refractivity contribution in [1.29, 1.82) is 31.6 Å². The van der Waals surface area contributed by atoms with Crippen LogP contribution in [0.15, 0.2) is 83.9 Å². The van der Waals surface area contributed by atoms with E-state index in [4.69, 9.17) is 0 Å². The van der Waals surface area contributed by atoms with E-state index in [1.807, 2.05) is 24.3 Å². The van der Waals surface area contributed by atoms with E-state index in [1.165, 1.54) is 48.5 Å². The van der Waals surface area contributed by atoms with Crippen molar-refractivity contribution in [2.45, 2.75) is 12.7 Å². The number of hydrogen-bond acceptors (Lipinski definition) is 8. The number of alkyl halides is 6. The highest BCUT2D eigenvalue weighted by Crippen LogP contribution is 2.60. The molecule has 0 unspecified atom stereocenters. The van der Waals surface area contributed by atoms with E-state index in [0.717, 1.165) is 24.3 Å². The molecular formula is C38H12F6N6O2. The van der Waals surface area contributed by atoms with Crippen molar-refractivity contribution in [3.05, 3.63) is 117 Å². The second-order valence-electron chi connectivity index (χ2n) is 11.0. The standard InChI is InChI=1S/C38H12F6N6O2/c39-37(40,41)51-31-11-21(1-3-23(31)13-45)19-5-7-27-29(9-19)35-34(26(17-49)18-50)28-8-6-20(10-30(28)36(35)33(27)25(15-47)16-48)22-2-4-24(14-46)32(12-22)52-38(42,43)44/h1-12H. The predicted molar refractivity (Wildman–Crippen MR) is 170 cm³/mol. The van der Waals surface area contributed by atoms with Crippen molar-refractivity contribution in [3.63, 3.8) is 0 Å². The molecule has 0 N–H and O–H groups in total. The summed E-state index contributed by atoms with van der Waals surface area (Å²) < 4.78 is 87.1. The van der Waals surface area contributed by atoms with E-state index in [0.29, 0.717) is 33.4 Å². The summed E-state index contributed by atoms with van der Waals surface area (Å²) in [7, 11) is 0. The summed E-state index contributed by atoms with van der Waals surface area (Å²) in [6, 6.07) is 26.9. The molecule has 8 nitrogen and oxygen atoms in total. The fourth-order valence-corrected chi connectivity index (χ4v) is 6.16. The van der Waals surface area contributed by atoms with Crippen LogP contribution in [0.1, 0.15) is 33.4 Å². The maximum Gasteiger partial charge on any atom is 0.573 e. The smallest absolute Gasteiger partial charge is 0.404 e. The van der Waals surface area contributed by atoms with Gasteiger partial charge in [-0.15, -0.1) is 26.3 Å². The molecule has 0 amide bonds. The third kappa shape index (κ3) is 5.90. The van der Waals surface area contributed by atoms with Gasteiger partial charge >= 0.3 is 12.7 Å². The predicted octanol–water partition coefficient (Wildman–Crippen LogP) is 9.10. The highest BCUT2D eigenvalue weighted by atomic mass is 19.4. The van der Waals surface area contributed by atoms with Gasteiger partial charge in [0.05, 0.1) is 11.1 Å². The Morgan fingerprint density at radius 1 is 0.442 bits per heavy atom. The van der Waals surface area contributed by atoms with E-state index >= 15 is 0 Å². The van der Waals surface area contributed by atoms with E-state index in [2.05, 4.69) is 9.47 Å². The molecule has 0 heterocycles. The molecule has 0 aliphatic heterocycles. The van der Waals surface area contributed by atoms with Crippen LogP contribution in [-0.2, 0) is 0 Å². The first-order valence-electron chi connectivity index (χ1n) is 14.5. The normalized spacial score (nSPS) is 12.5. The number of nitriles is 6. The number of fused-ring (bicyclic) bond motifs is 4. The van der Waals surface area contributed by atoms with Gasteiger partial charge in [0, 0.05) is 22.3 Å². The third-order valence-electron chi connectivity index (χ3n) is 8.14. The lowest BCUT2D eigenvalue weighted by molar-refractivity contribution is -0.275. The minimum absolute atomic E-state index is 0.118. The Morgan fingerprint density at radius 3 is 1.08 bits per heavy atom. The van der Waals surface area contributed by atoms with E-state index < -0.39 is 24.2 Å². The average molecular weight is 699 g/mol. The summed E-state index contributed by atoms with van der Waals surface area (Å²) >= 11 is 0. The Bertz CT molecular complexity index is 2410. The zero-order valence-electron chi connectivity index (χ0n) is 25.7. The molecule has 4 aromatic carbocycles. The highest BCUT2D eigenvalue weighted by Gasteiger charge is 2.40. The number of allylic oxidation sites excluding steroid dienone is 6. The molecule has 0 radical (unpaired) electrons. The Hall–Kier alpha value is -7.78. The van der Waals surface area contributed by atoms with Gasteiger partial charge in [0.25, 0.3) is 0 Å². The van der Waals surface area contributed by atoms with E-state index in [9.17, 15) is 57.9 Å². The van der Waals surface area contributed by atoms with Gasteiger partial charge in [-0.1, -0.05) is 36.4 Å². The lowest BCUT2D eigenvalue weighted by Gasteiger charge is -2.16. The number of benzene rings is 4. The van der Waals surface area contributed by atoms with Gasteiger partial charge in [-0.05, 0) is 80.9 Å². The van der Waals surface area contributed by atoms with Gasteiger partial charge in [0.2, 0.25) is 0 Å². The first-order chi connectivity index (χ1) is 24.7. The largest absolute Gasteiger partial charge is 0.573 e. The molecule has 0 saturated carbocycles. The van der Waals surface area contributed by atoms with Gasteiger partial charge in [0.15, 0.2) is 0 Å². The molecule has 0 saturated heterocycles. The van der Waals surface area contributed by atoms with Crippen molar-refractivity contribution in [2.24, 2.45) is 0 Å². The zero-order chi connectivity index (χ0) is 37.5. The zero-order valence-corrected chi connectivity index (χ0v) is 25.7. The van der Waals surface area contributed by atoms with Crippen LogP contribution in [0.4, 0.5) is 26.3 Å². The van der Waals surface area contributed by atoms with Gasteiger partial charge in [-0.3, -0.25) is 0 Å². The monoisotopic (exact) mass is 698 g/mol. The van der Waals surface area contributed by atoms with Crippen molar-refractivity contribution in [3.8, 4) is 70.2 Å². The second kappa shape index (κ2) is 12.6. The van der Waals surface area contributed by atoms with Crippen molar-refractivity contribution in [1.82, 2.24) is 0 Å². The van der Waals surface area contributed by atoms with Crippen LogP contribution in [0.25, 0.3) is 44.5 Å². The van der Waals surface area contributed by atoms with Crippen LogP contribution in [0.5, 0.6) is 11.5 Å². The lowest BCUT2D eigenvalue weighted by atomic mass is 9.87. The molecule has 0 spiro atoms. The number of rotatable bonds is 4. The maximum atomic E-state index is 13.2. The molecule has 6 rings (SSSR count). The van der Waals surface area contributed by atoms with Gasteiger partial charge in [-0.2, -0.15) is 31.6 Å². The lowest BCUT2D eigenvalue weighted by Crippen LogP contribution is -2.17. The first kappa shape index (κ1) is 34.1. The van der Waals surface area contributed by atoms with Gasteiger partial charge < -0.3 is 9.47 Å². The molecule has 0 bridgehead atoms. The molecular weight excluding hydrogens is 686 g/mol. The maximum absolute atomic E-state index is 13.2. The molecule has 4 aromatic rings. The van der Waals surface area contributed by atoms with E-state index in [-0.39, 0.29) is 55.7 Å². The Labute approximate surface area is 289 Å². The number of halogens is 6. The summed E-state index contributed by atoms with van der Waals surface area (Å²) in [6.07, 6.45) is -10.2. The molecule has 2 aliphatic rings. The second-order valence-corrected chi connectivity index (χ2v) is 11.0. The fraction of sp³-hybridized carbons (Fsp3) is 0.0526. The summed E-state index contributed by atoms with van der Waals surface area (Å²) in [5.74, 6) is -1.51. The number of ether oxygens (including phenoxy) is 2. The van der Waals surface area contributed by atoms with Crippen LogP contribution in [0, 0.1) is 68.0 Å². The van der Waals surface area contributed by atoms with Crippen LogP contribution in [0.2, 0.25) is 0 Å². The summed E-state index contributed by atoms with van der Waals surface area (Å²) in [6.45, 7) is 0. The first-order valence-corrected chi connectivity index (χ1v) is 14.5. The van der Waals surface area contributed by atoms with Crippen molar-refractivity contribution < 1.29 is 35.8 Å². The SMILES string of the molecule is N#CC(C#N)=C1C2=C(C(=C(C#N)C#N)c3ccc(-c4ccc(C#N)c(OC(F)(F)F)c4)cc32)c2cc(-c3ccc(C#N)c(OC(F)(F)F)c3)ccc21. The Balaban J connectivity index is 1.62. The number of hydrogen-bond donors (Lipinski definition) is 0. The highest BCUT2D eigenvalue weighted by molar-refractivity contribution is 6.38. The molecule has 248 valence electrons. The average Bonchev–Trinajstić information content (AvgIpc) is 3.60.